The molecule has 0 unspecified atom stereocenters. The molecule has 3 rings (SSSR count). The number of anilines is 1. The second-order valence-electron chi connectivity index (χ2n) is 4.95. The van der Waals surface area contributed by atoms with Gasteiger partial charge in [-0.15, -0.1) is 11.3 Å². The molecule has 2 aromatic carbocycles. The first kappa shape index (κ1) is 13.6. The molecule has 0 bridgehead atoms. The van der Waals surface area contributed by atoms with Crippen molar-refractivity contribution in [3.8, 4) is 0 Å². The van der Waals surface area contributed by atoms with Gasteiger partial charge >= 0.3 is 5.97 Å². The lowest BCUT2D eigenvalue weighted by molar-refractivity contribution is 0.0697. The number of hydrogen-bond donors (Lipinski definition) is 2. The van der Waals surface area contributed by atoms with Crippen LogP contribution in [0, 0.1) is 6.92 Å². The Balaban J connectivity index is 1.80. The molecule has 0 fully saturated rings. The second-order valence-corrected chi connectivity index (χ2v) is 5.86. The van der Waals surface area contributed by atoms with E-state index in [1.54, 1.807) is 23.5 Å². The van der Waals surface area contributed by atoms with Crippen molar-refractivity contribution in [2.75, 3.05) is 5.32 Å². The number of carboxylic acids is 1. The van der Waals surface area contributed by atoms with Crippen LogP contribution in [-0.4, -0.2) is 11.1 Å². The average molecular weight is 297 g/mol. The molecule has 0 aliphatic carbocycles. The number of aromatic carboxylic acids is 1. The van der Waals surface area contributed by atoms with Gasteiger partial charge in [0.2, 0.25) is 0 Å². The SMILES string of the molecule is Cc1cc(C(=O)O)ccc1NCc1csc2ccccc12. The molecule has 1 aromatic heterocycles. The maximum atomic E-state index is 10.9. The number of carboxylic acid groups (broad SMARTS) is 1. The van der Waals surface area contributed by atoms with Crippen molar-refractivity contribution in [1.82, 2.24) is 0 Å². The molecular weight excluding hydrogens is 282 g/mol. The summed E-state index contributed by atoms with van der Waals surface area (Å²) in [7, 11) is 0. The number of nitrogens with one attached hydrogen (secondary N) is 1. The van der Waals surface area contributed by atoms with Crippen LogP contribution in [0.1, 0.15) is 21.5 Å². The normalized spacial score (nSPS) is 10.7. The highest BCUT2D eigenvalue weighted by Crippen LogP contribution is 2.26. The summed E-state index contributed by atoms with van der Waals surface area (Å²) in [5.74, 6) is -0.895. The molecule has 0 radical (unpaired) electrons. The van der Waals surface area contributed by atoms with Crippen LogP contribution >= 0.6 is 11.3 Å². The fourth-order valence-corrected chi connectivity index (χ4v) is 3.32. The lowest BCUT2D eigenvalue weighted by atomic mass is 10.1. The van der Waals surface area contributed by atoms with Crippen molar-refractivity contribution in [3.05, 3.63) is 64.5 Å². The molecule has 0 aliphatic heterocycles. The zero-order chi connectivity index (χ0) is 14.8. The van der Waals surface area contributed by atoms with Gasteiger partial charge in [-0.3, -0.25) is 0 Å². The summed E-state index contributed by atoms with van der Waals surface area (Å²) in [5, 5.41) is 15.8. The molecule has 0 amide bonds. The van der Waals surface area contributed by atoms with Crippen LogP contribution in [0.15, 0.2) is 47.8 Å². The molecule has 4 heteroatoms. The van der Waals surface area contributed by atoms with E-state index in [9.17, 15) is 4.79 Å². The molecule has 3 aromatic rings. The number of rotatable bonds is 4. The van der Waals surface area contributed by atoms with Gasteiger partial charge in [-0.1, -0.05) is 18.2 Å². The van der Waals surface area contributed by atoms with Gasteiger partial charge in [-0.05, 0) is 53.1 Å². The zero-order valence-electron chi connectivity index (χ0n) is 11.6. The zero-order valence-corrected chi connectivity index (χ0v) is 12.4. The van der Waals surface area contributed by atoms with Crippen molar-refractivity contribution >= 4 is 33.1 Å². The van der Waals surface area contributed by atoms with Crippen LogP contribution in [0.4, 0.5) is 5.69 Å². The summed E-state index contributed by atoms with van der Waals surface area (Å²) in [6, 6.07) is 13.5. The molecule has 0 spiro atoms. The molecule has 2 N–H and O–H groups in total. The van der Waals surface area contributed by atoms with E-state index in [0.717, 1.165) is 17.8 Å². The molecule has 0 saturated carbocycles. The van der Waals surface area contributed by atoms with Crippen LogP contribution in [0.2, 0.25) is 0 Å². The maximum Gasteiger partial charge on any atom is 0.335 e. The summed E-state index contributed by atoms with van der Waals surface area (Å²) in [5.41, 5.74) is 3.49. The van der Waals surface area contributed by atoms with E-state index >= 15 is 0 Å². The molecule has 0 saturated heterocycles. The van der Waals surface area contributed by atoms with E-state index in [1.165, 1.54) is 15.6 Å². The third-order valence-corrected chi connectivity index (χ3v) is 4.52. The first-order valence-corrected chi connectivity index (χ1v) is 7.56. The van der Waals surface area contributed by atoms with Crippen molar-refractivity contribution in [3.63, 3.8) is 0 Å². The Labute approximate surface area is 126 Å². The molecule has 3 nitrogen and oxygen atoms in total. The maximum absolute atomic E-state index is 10.9. The summed E-state index contributed by atoms with van der Waals surface area (Å²) in [6.45, 7) is 2.65. The van der Waals surface area contributed by atoms with Crippen LogP contribution in [0.25, 0.3) is 10.1 Å². The predicted molar refractivity (Wildman–Crippen MR) is 87.3 cm³/mol. The number of hydrogen-bond acceptors (Lipinski definition) is 3. The third kappa shape index (κ3) is 2.76. The highest BCUT2D eigenvalue weighted by Gasteiger charge is 2.07. The second kappa shape index (κ2) is 5.58. The summed E-state index contributed by atoms with van der Waals surface area (Å²) in [4.78, 5) is 10.9. The monoisotopic (exact) mass is 297 g/mol. The van der Waals surface area contributed by atoms with Gasteiger partial charge in [-0.2, -0.15) is 0 Å². The Morgan fingerprint density at radius 2 is 2.05 bits per heavy atom. The smallest absolute Gasteiger partial charge is 0.335 e. The molecule has 0 aliphatic rings. The van der Waals surface area contributed by atoms with Gasteiger partial charge < -0.3 is 10.4 Å². The standard InChI is InChI=1S/C17H15NO2S/c1-11-8-12(17(19)20)6-7-15(11)18-9-13-10-21-16-5-3-2-4-14(13)16/h2-8,10,18H,9H2,1H3,(H,19,20). The highest BCUT2D eigenvalue weighted by molar-refractivity contribution is 7.17. The van der Waals surface area contributed by atoms with Gasteiger partial charge in [0.1, 0.15) is 0 Å². The van der Waals surface area contributed by atoms with Gasteiger partial charge in [-0.25, -0.2) is 4.79 Å². The summed E-state index contributed by atoms with van der Waals surface area (Å²) in [6.07, 6.45) is 0. The molecule has 0 atom stereocenters. The number of benzene rings is 2. The van der Waals surface area contributed by atoms with E-state index in [2.05, 4.69) is 22.8 Å². The molecule has 1 heterocycles. The van der Waals surface area contributed by atoms with Crippen LogP contribution in [0.5, 0.6) is 0 Å². The average Bonchev–Trinajstić information content (AvgIpc) is 2.89. The van der Waals surface area contributed by atoms with Crippen molar-refractivity contribution in [2.45, 2.75) is 13.5 Å². The van der Waals surface area contributed by atoms with Crippen LogP contribution in [0.3, 0.4) is 0 Å². The summed E-state index contributed by atoms with van der Waals surface area (Å²) >= 11 is 1.74. The molecule has 21 heavy (non-hydrogen) atoms. The van der Waals surface area contributed by atoms with Gasteiger partial charge in [0.15, 0.2) is 0 Å². The van der Waals surface area contributed by atoms with E-state index in [4.69, 9.17) is 5.11 Å². The quantitative estimate of drug-likeness (QED) is 0.744. The molecular formula is C17H15NO2S. The van der Waals surface area contributed by atoms with Crippen LogP contribution in [-0.2, 0) is 6.54 Å². The Hall–Kier alpha value is -2.33. The lowest BCUT2D eigenvalue weighted by Gasteiger charge is -2.10. The largest absolute Gasteiger partial charge is 0.478 e. The van der Waals surface area contributed by atoms with Gasteiger partial charge in [0, 0.05) is 16.9 Å². The minimum absolute atomic E-state index is 0.319. The highest BCUT2D eigenvalue weighted by atomic mass is 32.1. The summed E-state index contributed by atoms with van der Waals surface area (Å²) < 4.78 is 1.28. The molecule has 106 valence electrons. The van der Waals surface area contributed by atoms with Crippen molar-refractivity contribution in [1.29, 1.82) is 0 Å². The van der Waals surface area contributed by atoms with Gasteiger partial charge in [0.05, 0.1) is 5.56 Å². The minimum Gasteiger partial charge on any atom is -0.478 e. The van der Waals surface area contributed by atoms with Crippen molar-refractivity contribution in [2.24, 2.45) is 0 Å². The number of fused-ring (bicyclic) bond motifs is 1. The first-order valence-electron chi connectivity index (χ1n) is 6.68. The lowest BCUT2D eigenvalue weighted by Crippen LogP contribution is -2.02. The fraction of sp³-hybridized carbons (Fsp3) is 0.118. The topological polar surface area (TPSA) is 49.3 Å². The Morgan fingerprint density at radius 3 is 2.81 bits per heavy atom. The Kier molecular flexibility index (Phi) is 3.62. The van der Waals surface area contributed by atoms with E-state index in [0.29, 0.717) is 5.56 Å². The number of carbonyl (C=O) groups is 1. The van der Waals surface area contributed by atoms with E-state index < -0.39 is 5.97 Å². The minimum atomic E-state index is -0.895. The number of aryl methyl sites for hydroxylation is 1. The first-order chi connectivity index (χ1) is 10.1. The van der Waals surface area contributed by atoms with E-state index in [1.807, 2.05) is 25.1 Å². The van der Waals surface area contributed by atoms with Crippen LogP contribution < -0.4 is 5.32 Å². The Morgan fingerprint density at radius 1 is 1.24 bits per heavy atom. The van der Waals surface area contributed by atoms with Gasteiger partial charge in [0.25, 0.3) is 0 Å². The Bertz CT molecular complexity index is 807. The fourth-order valence-electron chi connectivity index (χ4n) is 2.36. The predicted octanol–water partition coefficient (Wildman–Crippen LogP) is 4.52. The van der Waals surface area contributed by atoms with Crippen molar-refractivity contribution < 1.29 is 9.90 Å². The number of thiophene rings is 1. The third-order valence-electron chi connectivity index (χ3n) is 3.50. The van der Waals surface area contributed by atoms with E-state index in [-0.39, 0.29) is 0 Å².